The molecule has 0 bridgehead atoms. The molecular formula is C15H24ClNO. The molecule has 1 rings (SSSR count). The van der Waals surface area contributed by atoms with Crippen LogP contribution in [0.2, 0.25) is 5.02 Å². The fraction of sp³-hybridized carbons (Fsp3) is 0.600. The number of halogens is 1. The summed E-state index contributed by atoms with van der Waals surface area (Å²) < 4.78 is 0. The van der Waals surface area contributed by atoms with E-state index in [2.05, 4.69) is 19.2 Å². The molecule has 1 aromatic rings. The van der Waals surface area contributed by atoms with Gasteiger partial charge in [0.2, 0.25) is 0 Å². The first kappa shape index (κ1) is 15.5. The Labute approximate surface area is 115 Å². The number of hydrogen-bond acceptors (Lipinski definition) is 2. The lowest BCUT2D eigenvalue weighted by Gasteiger charge is -2.25. The van der Waals surface area contributed by atoms with Gasteiger partial charge in [-0.2, -0.15) is 0 Å². The van der Waals surface area contributed by atoms with Crippen LogP contribution in [0, 0.1) is 12.8 Å². The maximum atomic E-state index is 10.5. The first-order chi connectivity index (χ1) is 8.33. The summed E-state index contributed by atoms with van der Waals surface area (Å²) in [4.78, 5) is 0. The number of aryl methyl sites for hydroxylation is 1. The summed E-state index contributed by atoms with van der Waals surface area (Å²) in [5, 5.41) is 14.5. The number of hydrogen-bond donors (Lipinski definition) is 2. The largest absolute Gasteiger partial charge is 0.385 e. The molecule has 0 radical (unpaired) electrons. The van der Waals surface area contributed by atoms with Crippen molar-refractivity contribution in [2.24, 2.45) is 5.92 Å². The van der Waals surface area contributed by atoms with E-state index in [1.165, 1.54) is 0 Å². The van der Waals surface area contributed by atoms with E-state index < -0.39 is 5.60 Å². The third-order valence-electron chi connectivity index (χ3n) is 3.13. The van der Waals surface area contributed by atoms with Crippen molar-refractivity contribution in [2.45, 2.75) is 39.7 Å². The summed E-state index contributed by atoms with van der Waals surface area (Å²) in [6, 6.07) is 5.76. The molecule has 1 unspecified atom stereocenters. The Balaban J connectivity index is 2.59. The molecular weight excluding hydrogens is 246 g/mol. The van der Waals surface area contributed by atoms with Crippen LogP contribution in [0.25, 0.3) is 0 Å². The van der Waals surface area contributed by atoms with Gasteiger partial charge < -0.3 is 10.4 Å². The molecule has 0 spiro atoms. The highest BCUT2D eigenvalue weighted by Gasteiger charge is 2.22. The molecule has 0 fully saturated rings. The van der Waals surface area contributed by atoms with Crippen LogP contribution < -0.4 is 5.32 Å². The zero-order chi connectivity index (χ0) is 13.8. The van der Waals surface area contributed by atoms with Crippen LogP contribution >= 0.6 is 11.6 Å². The molecule has 0 aliphatic rings. The Morgan fingerprint density at radius 2 is 2.06 bits per heavy atom. The van der Waals surface area contributed by atoms with Gasteiger partial charge in [0.15, 0.2) is 0 Å². The lowest BCUT2D eigenvalue weighted by Crippen LogP contribution is -2.29. The topological polar surface area (TPSA) is 32.3 Å². The first-order valence-corrected chi connectivity index (χ1v) is 6.90. The van der Waals surface area contributed by atoms with Crippen LogP contribution in [0.5, 0.6) is 0 Å². The van der Waals surface area contributed by atoms with Crippen LogP contribution in [0.15, 0.2) is 18.2 Å². The maximum Gasteiger partial charge on any atom is 0.0881 e. The number of nitrogens with one attached hydrogen (secondary N) is 1. The number of rotatable bonds is 6. The second-order valence-electron chi connectivity index (χ2n) is 5.59. The van der Waals surface area contributed by atoms with E-state index in [1.807, 2.05) is 32.0 Å². The highest BCUT2D eigenvalue weighted by molar-refractivity contribution is 6.31. The van der Waals surface area contributed by atoms with Crippen LogP contribution in [-0.4, -0.2) is 18.2 Å². The maximum absolute atomic E-state index is 10.5. The van der Waals surface area contributed by atoms with Crippen LogP contribution in [-0.2, 0) is 5.60 Å². The monoisotopic (exact) mass is 269 g/mol. The van der Waals surface area contributed by atoms with Crippen LogP contribution in [0.1, 0.15) is 38.3 Å². The Hall–Kier alpha value is -0.570. The molecule has 2 N–H and O–H groups in total. The second-order valence-corrected chi connectivity index (χ2v) is 5.99. The smallest absolute Gasteiger partial charge is 0.0881 e. The van der Waals surface area contributed by atoms with E-state index >= 15 is 0 Å². The summed E-state index contributed by atoms with van der Waals surface area (Å²) in [7, 11) is 0. The Bertz CT molecular complexity index is 388. The normalized spacial score (nSPS) is 14.8. The van der Waals surface area contributed by atoms with Gasteiger partial charge in [-0.05, 0) is 56.5 Å². The van der Waals surface area contributed by atoms with Gasteiger partial charge >= 0.3 is 0 Å². The molecule has 18 heavy (non-hydrogen) atoms. The summed E-state index contributed by atoms with van der Waals surface area (Å²) >= 11 is 6.10. The van der Waals surface area contributed by atoms with E-state index in [4.69, 9.17) is 11.6 Å². The first-order valence-electron chi connectivity index (χ1n) is 6.52. The molecule has 0 saturated heterocycles. The van der Waals surface area contributed by atoms with Crippen LogP contribution in [0.4, 0.5) is 0 Å². The third-order valence-corrected chi connectivity index (χ3v) is 3.54. The Morgan fingerprint density at radius 1 is 1.39 bits per heavy atom. The van der Waals surface area contributed by atoms with Gasteiger partial charge in [-0.25, -0.2) is 0 Å². The Morgan fingerprint density at radius 3 is 2.61 bits per heavy atom. The van der Waals surface area contributed by atoms with Gasteiger partial charge in [0, 0.05) is 5.02 Å². The van der Waals surface area contributed by atoms with Crippen molar-refractivity contribution in [3.63, 3.8) is 0 Å². The average molecular weight is 270 g/mol. The predicted octanol–water partition coefficient (Wildman–Crippen LogP) is 3.49. The number of aliphatic hydroxyl groups is 1. The SMILES string of the molecule is Cc1ccc(C(C)(O)CCNCC(C)C)cc1Cl. The molecule has 0 aliphatic heterocycles. The summed E-state index contributed by atoms with van der Waals surface area (Å²) in [6.45, 7) is 9.92. The molecule has 0 amide bonds. The molecule has 0 aromatic heterocycles. The van der Waals surface area contributed by atoms with Crippen molar-refractivity contribution in [1.82, 2.24) is 5.32 Å². The van der Waals surface area contributed by atoms with Crippen LogP contribution in [0.3, 0.4) is 0 Å². The molecule has 1 aromatic carbocycles. The summed E-state index contributed by atoms with van der Waals surface area (Å²) in [5.74, 6) is 0.628. The second kappa shape index (κ2) is 6.55. The average Bonchev–Trinajstić information content (AvgIpc) is 2.28. The summed E-state index contributed by atoms with van der Waals surface area (Å²) in [6.07, 6.45) is 0.680. The lowest BCUT2D eigenvalue weighted by molar-refractivity contribution is 0.0478. The van der Waals surface area contributed by atoms with Gasteiger partial charge in [-0.3, -0.25) is 0 Å². The van der Waals surface area contributed by atoms with Crippen molar-refractivity contribution >= 4 is 11.6 Å². The van der Waals surface area contributed by atoms with Crippen molar-refractivity contribution in [3.05, 3.63) is 34.3 Å². The van der Waals surface area contributed by atoms with E-state index in [-0.39, 0.29) is 0 Å². The number of benzene rings is 1. The molecule has 102 valence electrons. The molecule has 0 aliphatic carbocycles. The van der Waals surface area contributed by atoms with Crippen molar-refractivity contribution in [3.8, 4) is 0 Å². The third kappa shape index (κ3) is 4.60. The van der Waals surface area contributed by atoms with E-state index in [0.29, 0.717) is 17.4 Å². The quantitative estimate of drug-likeness (QED) is 0.775. The minimum absolute atomic E-state index is 0.628. The fourth-order valence-corrected chi connectivity index (χ4v) is 1.98. The van der Waals surface area contributed by atoms with Gasteiger partial charge in [-0.15, -0.1) is 0 Å². The zero-order valence-corrected chi connectivity index (χ0v) is 12.5. The summed E-state index contributed by atoms with van der Waals surface area (Å²) in [5.41, 5.74) is 1.08. The minimum atomic E-state index is -0.832. The van der Waals surface area contributed by atoms with E-state index in [9.17, 15) is 5.11 Å². The highest BCUT2D eigenvalue weighted by Crippen LogP contribution is 2.27. The Kier molecular flexibility index (Phi) is 5.64. The standard InChI is InChI=1S/C15H24ClNO/c1-11(2)10-17-8-7-15(4,18)13-6-5-12(3)14(16)9-13/h5-6,9,11,17-18H,7-8,10H2,1-4H3. The minimum Gasteiger partial charge on any atom is -0.385 e. The van der Waals surface area contributed by atoms with Crippen molar-refractivity contribution < 1.29 is 5.11 Å². The molecule has 3 heteroatoms. The van der Waals surface area contributed by atoms with Crippen molar-refractivity contribution in [1.29, 1.82) is 0 Å². The molecule has 0 heterocycles. The van der Waals surface area contributed by atoms with Gasteiger partial charge in [0.25, 0.3) is 0 Å². The van der Waals surface area contributed by atoms with Gasteiger partial charge in [-0.1, -0.05) is 37.6 Å². The molecule has 2 nitrogen and oxygen atoms in total. The van der Waals surface area contributed by atoms with Crippen molar-refractivity contribution in [2.75, 3.05) is 13.1 Å². The molecule has 1 atom stereocenters. The highest BCUT2D eigenvalue weighted by atomic mass is 35.5. The lowest BCUT2D eigenvalue weighted by atomic mass is 9.92. The van der Waals surface area contributed by atoms with E-state index in [0.717, 1.165) is 24.2 Å². The fourth-order valence-electron chi connectivity index (χ4n) is 1.79. The van der Waals surface area contributed by atoms with Gasteiger partial charge in [0.1, 0.15) is 0 Å². The van der Waals surface area contributed by atoms with Gasteiger partial charge in [0.05, 0.1) is 5.60 Å². The zero-order valence-electron chi connectivity index (χ0n) is 11.8. The molecule has 0 saturated carbocycles. The van der Waals surface area contributed by atoms with E-state index in [1.54, 1.807) is 0 Å². The predicted molar refractivity (Wildman–Crippen MR) is 78.1 cm³/mol.